The van der Waals surface area contributed by atoms with Crippen molar-refractivity contribution in [2.75, 3.05) is 0 Å². The molecule has 1 amide bonds. The van der Waals surface area contributed by atoms with Gasteiger partial charge in [-0.25, -0.2) is 4.79 Å². The average molecular weight is 448 g/mol. The molecule has 2 aromatic rings. The molecule has 1 aromatic carbocycles. The highest BCUT2D eigenvalue weighted by Crippen LogP contribution is 2.38. The number of rotatable bonds is 3. The molecule has 0 fully saturated rings. The quantitative estimate of drug-likeness (QED) is 0.563. The van der Waals surface area contributed by atoms with Crippen molar-refractivity contribution in [1.29, 1.82) is 0 Å². The molecule has 0 aliphatic heterocycles. The van der Waals surface area contributed by atoms with E-state index in [2.05, 4.69) is 20.7 Å². The Morgan fingerprint density at radius 3 is 2.15 bits per heavy atom. The minimum absolute atomic E-state index is 0.0116. The third kappa shape index (κ3) is 3.79. The van der Waals surface area contributed by atoms with Crippen LogP contribution in [0.3, 0.4) is 0 Å². The maximum atomic E-state index is 12.5. The molecule has 2 rings (SSSR count). The summed E-state index contributed by atoms with van der Waals surface area (Å²) in [6.45, 7) is 1.26. The maximum Gasteiger partial charge on any atom is 0.434 e. The summed E-state index contributed by atoms with van der Waals surface area (Å²) in [6.07, 6.45) is -16.0. The lowest BCUT2D eigenvalue weighted by molar-refractivity contribution is -0.307. The number of nitrogens with two attached hydrogens (primary N) is 1. The molecule has 2 N–H and O–H groups in total. The lowest BCUT2D eigenvalue weighted by atomic mass is 10.1. The number of esters is 1. The van der Waals surface area contributed by atoms with Gasteiger partial charge in [0.2, 0.25) is 0 Å². The monoisotopic (exact) mass is 447 g/mol. The molecule has 0 atom stereocenters. The fraction of sp³-hybridized carbons (Fsp3) is 0.286. The van der Waals surface area contributed by atoms with Gasteiger partial charge in [-0.05, 0) is 40.5 Å². The first kappa shape index (κ1) is 20.1. The van der Waals surface area contributed by atoms with Crippen molar-refractivity contribution >= 4 is 38.8 Å². The third-order valence-corrected chi connectivity index (χ3v) is 4.31. The standard InChI is InChI=1S/C14H8BrF6NO4/c1-4-5(11(24)26-12(13(16,17)18)14(19,20)21)2-7-6(9(4)15)3-8(25-7)10(22)23/h2-3,12H,1H3,(H2,22,23). The van der Waals surface area contributed by atoms with Crippen LogP contribution >= 0.6 is 15.9 Å². The van der Waals surface area contributed by atoms with E-state index in [1.54, 1.807) is 0 Å². The Morgan fingerprint density at radius 1 is 1.15 bits per heavy atom. The Bertz CT molecular complexity index is 872. The van der Waals surface area contributed by atoms with E-state index in [0.717, 1.165) is 6.07 Å². The van der Waals surface area contributed by atoms with Crippen LogP contribution in [0, 0.1) is 6.92 Å². The van der Waals surface area contributed by atoms with Gasteiger partial charge in [-0.15, -0.1) is 0 Å². The highest BCUT2D eigenvalue weighted by molar-refractivity contribution is 9.10. The molecule has 26 heavy (non-hydrogen) atoms. The van der Waals surface area contributed by atoms with Crippen LogP contribution < -0.4 is 5.73 Å². The third-order valence-electron chi connectivity index (χ3n) is 3.29. The van der Waals surface area contributed by atoms with Gasteiger partial charge in [0.25, 0.3) is 12.0 Å². The summed E-state index contributed by atoms with van der Waals surface area (Å²) >= 11 is 3.04. The van der Waals surface area contributed by atoms with Crippen LogP contribution in [-0.2, 0) is 4.74 Å². The van der Waals surface area contributed by atoms with Gasteiger partial charge in [0, 0.05) is 9.86 Å². The molecule has 1 aromatic heterocycles. The Kier molecular flexibility index (Phi) is 5.01. The summed E-state index contributed by atoms with van der Waals surface area (Å²) in [6, 6.07) is 2.08. The molecule has 12 heteroatoms. The zero-order valence-electron chi connectivity index (χ0n) is 12.6. The number of carbonyl (C=O) groups excluding carboxylic acids is 2. The number of primary amides is 1. The molecule has 5 nitrogen and oxygen atoms in total. The number of carbonyl (C=O) groups is 2. The number of benzene rings is 1. The molecule has 1 heterocycles. The molecular formula is C14H8BrF6NO4. The Balaban J connectivity index is 2.50. The molecule has 142 valence electrons. The molecule has 0 spiro atoms. The lowest BCUT2D eigenvalue weighted by Crippen LogP contribution is -2.45. The summed E-state index contributed by atoms with van der Waals surface area (Å²) in [5.41, 5.74) is 4.27. The van der Waals surface area contributed by atoms with E-state index in [1.807, 2.05) is 0 Å². The molecule has 0 aliphatic rings. The van der Waals surface area contributed by atoms with Gasteiger partial charge in [0.15, 0.2) is 5.76 Å². The largest absolute Gasteiger partial charge is 0.451 e. The predicted octanol–water partition coefficient (Wildman–Crippen LogP) is 4.25. The fourth-order valence-corrected chi connectivity index (χ4v) is 2.59. The summed E-state index contributed by atoms with van der Waals surface area (Å²) in [7, 11) is 0. The highest BCUT2D eigenvalue weighted by Gasteiger charge is 2.60. The Hall–Kier alpha value is -2.24. The number of furan rings is 1. The highest BCUT2D eigenvalue weighted by atomic mass is 79.9. The second kappa shape index (κ2) is 6.49. The second-order valence-corrected chi connectivity index (χ2v) is 5.91. The molecule has 0 saturated carbocycles. The van der Waals surface area contributed by atoms with Crippen molar-refractivity contribution in [2.45, 2.75) is 25.4 Å². The minimum Gasteiger partial charge on any atom is -0.451 e. The van der Waals surface area contributed by atoms with E-state index >= 15 is 0 Å². The maximum absolute atomic E-state index is 12.5. The van der Waals surface area contributed by atoms with E-state index in [9.17, 15) is 35.9 Å². The number of alkyl halides is 6. The van der Waals surface area contributed by atoms with E-state index in [0.29, 0.717) is 0 Å². The average Bonchev–Trinajstić information content (AvgIpc) is 2.90. The molecule has 0 aliphatic carbocycles. The number of halogens is 7. The van der Waals surface area contributed by atoms with Crippen molar-refractivity contribution in [3.63, 3.8) is 0 Å². The lowest BCUT2D eigenvalue weighted by Gasteiger charge is -2.23. The minimum atomic E-state index is -5.84. The van der Waals surface area contributed by atoms with E-state index in [-0.39, 0.29) is 26.8 Å². The number of ether oxygens (including phenoxy) is 1. The van der Waals surface area contributed by atoms with Gasteiger partial charge in [-0.1, -0.05) is 0 Å². The fourth-order valence-electron chi connectivity index (χ4n) is 2.07. The van der Waals surface area contributed by atoms with Crippen molar-refractivity contribution in [2.24, 2.45) is 5.73 Å². The Labute approximate surface area is 149 Å². The summed E-state index contributed by atoms with van der Waals surface area (Å²) in [5, 5.41) is 0.246. The van der Waals surface area contributed by atoms with Gasteiger partial charge in [-0.2, -0.15) is 26.3 Å². The first-order valence-electron chi connectivity index (χ1n) is 6.60. The first-order valence-corrected chi connectivity index (χ1v) is 7.39. The van der Waals surface area contributed by atoms with Crippen molar-refractivity contribution in [3.8, 4) is 0 Å². The molecule has 0 saturated heterocycles. The van der Waals surface area contributed by atoms with Gasteiger partial charge < -0.3 is 14.9 Å². The summed E-state index contributed by atoms with van der Waals surface area (Å²) in [5.74, 6) is -3.13. The van der Waals surface area contributed by atoms with E-state index in [4.69, 9.17) is 10.2 Å². The van der Waals surface area contributed by atoms with Gasteiger partial charge in [-0.3, -0.25) is 4.79 Å². The smallest absolute Gasteiger partial charge is 0.434 e. The van der Waals surface area contributed by atoms with Crippen LogP contribution in [0.1, 0.15) is 26.5 Å². The zero-order chi connectivity index (χ0) is 20.0. The zero-order valence-corrected chi connectivity index (χ0v) is 14.2. The van der Waals surface area contributed by atoms with Crippen LogP contribution in [0.5, 0.6) is 0 Å². The van der Waals surface area contributed by atoms with Crippen molar-refractivity contribution in [1.82, 2.24) is 0 Å². The van der Waals surface area contributed by atoms with E-state index < -0.39 is 35.9 Å². The second-order valence-electron chi connectivity index (χ2n) is 5.12. The molecule has 0 radical (unpaired) electrons. The molecular weight excluding hydrogens is 440 g/mol. The van der Waals surface area contributed by atoms with Crippen LogP contribution in [0.15, 0.2) is 21.0 Å². The van der Waals surface area contributed by atoms with Gasteiger partial charge >= 0.3 is 18.3 Å². The van der Waals surface area contributed by atoms with Crippen LogP contribution in [0.2, 0.25) is 0 Å². The molecule has 0 bridgehead atoms. The summed E-state index contributed by atoms with van der Waals surface area (Å²) < 4.78 is 84.1. The van der Waals surface area contributed by atoms with Crippen LogP contribution in [-0.4, -0.2) is 30.3 Å². The number of hydrogen-bond acceptors (Lipinski definition) is 4. The normalized spacial score (nSPS) is 12.7. The number of fused-ring (bicyclic) bond motifs is 1. The first-order chi connectivity index (χ1) is 11.7. The Morgan fingerprint density at radius 2 is 1.69 bits per heavy atom. The summed E-state index contributed by atoms with van der Waals surface area (Å²) in [4.78, 5) is 23.1. The van der Waals surface area contributed by atoms with Crippen LogP contribution in [0.4, 0.5) is 26.3 Å². The topological polar surface area (TPSA) is 82.5 Å². The van der Waals surface area contributed by atoms with E-state index in [1.165, 1.54) is 13.0 Å². The number of hydrogen-bond donors (Lipinski definition) is 1. The number of amides is 1. The van der Waals surface area contributed by atoms with Gasteiger partial charge in [0.05, 0.1) is 5.56 Å². The van der Waals surface area contributed by atoms with Crippen molar-refractivity contribution in [3.05, 3.63) is 33.5 Å². The van der Waals surface area contributed by atoms with Gasteiger partial charge in [0.1, 0.15) is 5.58 Å². The van der Waals surface area contributed by atoms with Crippen molar-refractivity contribution < 1.29 is 45.1 Å². The van der Waals surface area contributed by atoms with Crippen LogP contribution in [0.25, 0.3) is 11.0 Å². The predicted molar refractivity (Wildman–Crippen MR) is 78.5 cm³/mol. The SMILES string of the molecule is Cc1c(C(=O)OC(C(F)(F)F)C(F)(F)F)cc2oc(C(N)=O)cc2c1Br. The molecule has 0 unspecified atom stereocenters.